The van der Waals surface area contributed by atoms with Gasteiger partial charge in [-0.25, -0.2) is 4.39 Å². The van der Waals surface area contributed by atoms with Crippen LogP contribution in [0.2, 0.25) is 0 Å². The van der Waals surface area contributed by atoms with E-state index in [9.17, 15) is 19.1 Å². The maximum Gasteiger partial charge on any atom is 0.308 e. The normalized spacial score (nSPS) is 26.5. The van der Waals surface area contributed by atoms with Crippen LogP contribution in [-0.4, -0.2) is 35.0 Å². The summed E-state index contributed by atoms with van der Waals surface area (Å²) in [6, 6.07) is 6.40. The number of likely N-dealkylation sites (tertiary alicyclic amines) is 1. The van der Waals surface area contributed by atoms with Gasteiger partial charge in [0.2, 0.25) is 5.91 Å². The summed E-state index contributed by atoms with van der Waals surface area (Å²) in [5.41, 5.74) is -0.323. The van der Waals surface area contributed by atoms with Gasteiger partial charge in [0.1, 0.15) is 5.82 Å². The zero-order valence-corrected chi connectivity index (χ0v) is 12.6. The minimum atomic E-state index is -0.861. The van der Waals surface area contributed by atoms with E-state index in [0.29, 0.717) is 31.4 Å². The molecule has 118 valence electrons. The van der Waals surface area contributed by atoms with E-state index in [1.807, 2.05) is 6.92 Å². The summed E-state index contributed by atoms with van der Waals surface area (Å²) in [5, 5.41) is 9.24. The standard InChI is InChI=1S/C17H20FNO3/c1-11-8-12(15(20)21)10-19(9-11)16(22)17(6-7-17)13-4-2-3-5-14(13)18/h2-5,11-12H,6-10H2,1H3,(H,20,21). The van der Waals surface area contributed by atoms with Crippen molar-refractivity contribution in [2.24, 2.45) is 11.8 Å². The second kappa shape index (κ2) is 5.38. The quantitative estimate of drug-likeness (QED) is 0.933. The summed E-state index contributed by atoms with van der Waals surface area (Å²) in [7, 11) is 0. The Kier molecular flexibility index (Phi) is 3.67. The number of aliphatic carboxylic acids is 1. The lowest BCUT2D eigenvalue weighted by Gasteiger charge is -2.37. The number of amides is 1. The zero-order valence-electron chi connectivity index (χ0n) is 12.6. The van der Waals surface area contributed by atoms with Crippen LogP contribution in [0.15, 0.2) is 24.3 Å². The summed E-state index contributed by atoms with van der Waals surface area (Å²) in [6.45, 7) is 2.74. The Labute approximate surface area is 128 Å². The van der Waals surface area contributed by atoms with E-state index < -0.39 is 17.3 Å². The number of rotatable bonds is 3. The van der Waals surface area contributed by atoms with Crippen LogP contribution in [0.4, 0.5) is 4.39 Å². The Hall–Kier alpha value is -1.91. The number of nitrogens with zero attached hydrogens (tertiary/aromatic N) is 1. The molecule has 1 amide bonds. The number of carboxylic acid groups (broad SMARTS) is 1. The van der Waals surface area contributed by atoms with E-state index in [-0.39, 0.29) is 24.2 Å². The Morgan fingerprint density at radius 1 is 1.27 bits per heavy atom. The van der Waals surface area contributed by atoms with E-state index >= 15 is 0 Å². The molecule has 1 saturated heterocycles. The molecule has 2 unspecified atom stereocenters. The minimum absolute atomic E-state index is 0.115. The molecule has 1 N–H and O–H groups in total. The molecule has 0 aromatic heterocycles. The molecule has 1 aromatic carbocycles. The molecular weight excluding hydrogens is 285 g/mol. The first-order valence-electron chi connectivity index (χ1n) is 7.71. The van der Waals surface area contributed by atoms with Crippen LogP contribution >= 0.6 is 0 Å². The fraction of sp³-hybridized carbons (Fsp3) is 0.529. The Bertz CT molecular complexity index is 612. The van der Waals surface area contributed by atoms with E-state index in [1.54, 1.807) is 23.1 Å². The molecule has 1 aliphatic carbocycles. The lowest BCUT2D eigenvalue weighted by atomic mass is 9.87. The van der Waals surface area contributed by atoms with Gasteiger partial charge in [-0.2, -0.15) is 0 Å². The average molecular weight is 305 g/mol. The third-order valence-electron chi connectivity index (χ3n) is 4.84. The molecule has 0 radical (unpaired) electrons. The molecule has 0 bridgehead atoms. The van der Waals surface area contributed by atoms with Crippen LogP contribution < -0.4 is 0 Å². The van der Waals surface area contributed by atoms with Gasteiger partial charge in [0, 0.05) is 18.7 Å². The van der Waals surface area contributed by atoms with Crippen LogP contribution in [-0.2, 0) is 15.0 Å². The fourth-order valence-corrected chi connectivity index (χ4v) is 3.57. The molecule has 1 heterocycles. The molecule has 4 nitrogen and oxygen atoms in total. The van der Waals surface area contributed by atoms with Gasteiger partial charge >= 0.3 is 5.97 Å². The summed E-state index contributed by atoms with van der Waals surface area (Å²) in [4.78, 5) is 25.8. The van der Waals surface area contributed by atoms with Crippen molar-refractivity contribution >= 4 is 11.9 Å². The molecular formula is C17H20FNO3. The van der Waals surface area contributed by atoms with Gasteiger partial charge in [0.15, 0.2) is 0 Å². The van der Waals surface area contributed by atoms with Crippen LogP contribution in [0.1, 0.15) is 31.7 Å². The lowest BCUT2D eigenvalue weighted by molar-refractivity contribution is -0.147. The maximum atomic E-state index is 14.1. The van der Waals surface area contributed by atoms with Crippen molar-refractivity contribution in [2.75, 3.05) is 13.1 Å². The van der Waals surface area contributed by atoms with Gasteiger partial charge in [-0.15, -0.1) is 0 Å². The van der Waals surface area contributed by atoms with Crippen LogP contribution in [0.5, 0.6) is 0 Å². The monoisotopic (exact) mass is 305 g/mol. The fourth-order valence-electron chi connectivity index (χ4n) is 3.57. The minimum Gasteiger partial charge on any atom is -0.481 e. The molecule has 2 fully saturated rings. The van der Waals surface area contributed by atoms with Crippen molar-refractivity contribution in [1.82, 2.24) is 4.90 Å². The van der Waals surface area contributed by atoms with Crippen molar-refractivity contribution in [1.29, 1.82) is 0 Å². The lowest BCUT2D eigenvalue weighted by Crippen LogP contribution is -2.49. The van der Waals surface area contributed by atoms with Gasteiger partial charge in [-0.05, 0) is 31.2 Å². The predicted octanol–water partition coefficient (Wildman–Crippen LogP) is 2.43. The summed E-state index contributed by atoms with van der Waals surface area (Å²) >= 11 is 0. The topological polar surface area (TPSA) is 57.6 Å². The second-order valence-electron chi connectivity index (χ2n) is 6.65. The van der Waals surface area contributed by atoms with E-state index in [4.69, 9.17) is 0 Å². The maximum absolute atomic E-state index is 14.1. The Morgan fingerprint density at radius 3 is 2.55 bits per heavy atom. The molecule has 1 aliphatic heterocycles. The number of carbonyl (C=O) groups excluding carboxylic acids is 1. The van der Waals surface area contributed by atoms with Gasteiger partial charge in [0.25, 0.3) is 0 Å². The Morgan fingerprint density at radius 2 is 1.95 bits per heavy atom. The predicted molar refractivity (Wildman–Crippen MR) is 78.8 cm³/mol. The molecule has 1 aromatic rings. The average Bonchev–Trinajstić information content (AvgIpc) is 3.28. The molecule has 0 spiro atoms. The van der Waals surface area contributed by atoms with Crippen LogP contribution in [0.3, 0.4) is 0 Å². The molecule has 22 heavy (non-hydrogen) atoms. The van der Waals surface area contributed by atoms with Crippen molar-refractivity contribution in [3.8, 4) is 0 Å². The number of carbonyl (C=O) groups is 2. The van der Waals surface area contributed by atoms with Crippen molar-refractivity contribution in [2.45, 2.75) is 31.6 Å². The Balaban J connectivity index is 1.84. The highest BCUT2D eigenvalue weighted by Gasteiger charge is 2.55. The third kappa shape index (κ3) is 2.49. The highest BCUT2D eigenvalue weighted by atomic mass is 19.1. The number of halogens is 1. The van der Waals surface area contributed by atoms with Crippen LogP contribution in [0.25, 0.3) is 0 Å². The highest BCUT2D eigenvalue weighted by molar-refractivity contribution is 5.91. The van der Waals surface area contributed by atoms with E-state index in [1.165, 1.54) is 6.07 Å². The smallest absolute Gasteiger partial charge is 0.308 e. The summed E-state index contributed by atoms with van der Waals surface area (Å²) in [5.74, 6) is -1.71. The molecule has 2 atom stereocenters. The number of carboxylic acids is 1. The molecule has 3 rings (SSSR count). The van der Waals surface area contributed by atoms with Crippen molar-refractivity contribution in [3.05, 3.63) is 35.6 Å². The number of hydrogen-bond acceptors (Lipinski definition) is 2. The molecule has 1 saturated carbocycles. The summed E-state index contributed by atoms with van der Waals surface area (Å²) in [6.07, 6.45) is 1.86. The largest absolute Gasteiger partial charge is 0.481 e. The highest BCUT2D eigenvalue weighted by Crippen LogP contribution is 2.50. The van der Waals surface area contributed by atoms with Crippen LogP contribution in [0, 0.1) is 17.7 Å². The second-order valence-corrected chi connectivity index (χ2v) is 6.65. The van der Waals surface area contributed by atoms with Gasteiger partial charge in [-0.3, -0.25) is 9.59 Å². The van der Waals surface area contributed by atoms with Crippen molar-refractivity contribution < 1.29 is 19.1 Å². The number of hydrogen-bond donors (Lipinski definition) is 1. The molecule has 5 heteroatoms. The first kappa shape index (κ1) is 15.0. The van der Waals surface area contributed by atoms with Gasteiger partial charge in [-0.1, -0.05) is 25.1 Å². The van der Waals surface area contributed by atoms with E-state index in [0.717, 1.165) is 0 Å². The SMILES string of the molecule is CC1CC(C(=O)O)CN(C(=O)C2(c3ccccc3F)CC2)C1. The molecule has 2 aliphatic rings. The summed E-state index contributed by atoms with van der Waals surface area (Å²) < 4.78 is 14.1. The van der Waals surface area contributed by atoms with Gasteiger partial charge in [0.05, 0.1) is 11.3 Å². The van der Waals surface area contributed by atoms with Gasteiger partial charge < -0.3 is 10.0 Å². The number of piperidine rings is 1. The van der Waals surface area contributed by atoms with Crippen molar-refractivity contribution in [3.63, 3.8) is 0 Å². The number of benzene rings is 1. The third-order valence-corrected chi connectivity index (χ3v) is 4.84. The first-order chi connectivity index (χ1) is 10.4. The zero-order chi connectivity index (χ0) is 15.9. The first-order valence-corrected chi connectivity index (χ1v) is 7.71. The van der Waals surface area contributed by atoms with E-state index in [2.05, 4.69) is 0 Å².